The molecular formula is C19H19FN2O2S. The lowest BCUT2D eigenvalue weighted by Crippen LogP contribution is -2.18. The van der Waals surface area contributed by atoms with Gasteiger partial charge < -0.3 is 9.84 Å². The first-order valence-electron chi connectivity index (χ1n) is 7.99. The van der Waals surface area contributed by atoms with Crippen LogP contribution in [-0.4, -0.2) is 33.5 Å². The van der Waals surface area contributed by atoms with Crippen LogP contribution in [0.4, 0.5) is 4.39 Å². The molecule has 1 N–H and O–H groups in total. The molecule has 3 aromatic rings. The maximum Gasteiger partial charge on any atom is 0.128 e. The fourth-order valence-corrected chi connectivity index (χ4v) is 3.38. The summed E-state index contributed by atoms with van der Waals surface area (Å²) < 4.78 is 18.9. The molecule has 0 aliphatic carbocycles. The van der Waals surface area contributed by atoms with E-state index in [2.05, 4.69) is 9.97 Å². The fourth-order valence-electron chi connectivity index (χ4n) is 2.41. The summed E-state index contributed by atoms with van der Waals surface area (Å²) in [7, 11) is 0. The highest BCUT2D eigenvalue weighted by Gasteiger charge is 2.11. The minimum Gasteiger partial charge on any atom is -0.390 e. The number of rotatable bonds is 7. The van der Waals surface area contributed by atoms with E-state index >= 15 is 0 Å². The molecule has 0 radical (unpaired) electrons. The van der Waals surface area contributed by atoms with Gasteiger partial charge in [-0.3, -0.25) is 0 Å². The van der Waals surface area contributed by atoms with Crippen LogP contribution in [0.15, 0.2) is 53.6 Å². The Morgan fingerprint density at radius 2 is 1.88 bits per heavy atom. The van der Waals surface area contributed by atoms with Crippen molar-refractivity contribution in [1.29, 1.82) is 0 Å². The van der Waals surface area contributed by atoms with Crippen LogP contribution in [0.2, 0.25) is 0 Å². The monoisotopic (exact) mass is 358 g/mol. The highest BCUT2D eigenvalue weighted by atomic mass is 32.2. The van der Waals surface area contributed by atoms with Gasteiger partial charge in [0.2, 0.25) is 0 Å². The van der Waals surface area contributed by atoms with Crippen molar-refractivity contribution in [3.8, 4) is 0 Å². The zero-order chi connectivity index (χ0) is 17.6. The first kappa shape index (κ1) is 17.8. The van der Waals surface area contributed by atoms with E-state index in [1.165, 1.54) is 17.8 Å². The Hall–Kier alpha value is -2.02. The number of ether oxygens (including phenoxy) is 1. The predicted molar refractivity (Wildman–Crippen MR) is 97.1 cm³/mol. The number of nitrogens with zero attached hydrogens (tertiary/aromatic N) is 2. The first-order chi connectivity index (χ1) is 12.1. The third-order valence-corrected chi connectivity index (χ3v) is 4.75. The Balaban J connectivity index is 1.54. The Morgan fingerprint density at radius 3 is 2.72 bits per heavy atom. The number of aliphatic hydroxyl groups is 1. The van der Waals surface area contributed by atoms with Gasteiger partial charge in [-0.05, 0) is 19.1 Å². The molecular weight excluding hydrogens is 339 g/mol. The largest absolute Gasteiger partial charge is 0.390 e. The first-order valence-corrected chi connectivity index (χ1v) is 8.97. The van der Waals surface area contributed by atoms with Crippen molar-refractivity contribution >= 4 is 22.7 Å². The topological polar surface area (TPSA) is 55.2 Å². The van der Waals surface area contributed by atoms with E-state index in [4.69, 9.17) is 4.74 Å². The van der Waals surface area contributed by atoms with Gasteiger partial charge in [-0.2, -0.15) is 0 Å². The average Bonchev–Trinajstić information content (AvgIpc) is 2.61. The van der Waals surface area contributed by atoms with E-state index in [-0.39, 0.29) is 19.0 Å². The number of hydrogen-bond donors (Lipinski definition) is 1. The van der Waals surface area contributed by atoms with Crippen LogP contribution in [0.3, 0.4) is 0 Å². The van der Waals surface area contributed by atoms with Crippen molar-refractivity contribution in [1.82, 2.24) is 9.97 Å². The van der Waals surface area contributed by atoms with Crippen molar-refractivity contribution in [3.05, 3.63) is 65.7 Å². The second-order valence-electron chi connectivity index (χ2n) is 5.66. The molecule has 2 aromatic carbocycles. The van der Waals surface area contributed by atoms with E-state index in [0.717, 1.165) is 15.9 Å². The molecule has 0 saturated heterocycles. The van der Waals surface area contributed by atoms with Gasteiger partial charge >= 0.3 is 0 Å². The summed E-state index contributed by atoms with van der Waals surface area (Å²) in [6, 6.07) is 14.3. The van der Waals surface area contributed by atoms with Crippen LogP contribution in [0.25, 0.3) is 10.9 Å². The summed E-state index contributed by atoms with van der Waals surface area (Å²) >= 11 is 1.47. The van der Waals surface area contributed by atoms with E-state index in [1.54, 1.807) is 18.2 Å². The maximum absolute atomic E-state index is 13.5. The normalized spacial score (nSPS) is 12.4. The van der Waals surface area contributed by atoms with Crippen molar-refractivity contribution in [2.75, 3.05) is 12.4 Å². The molecule has 1 atom stereocenters. The Morgan fingerprint density at radius 1 is 1.12 bits per heavy atom. The Kier molecular flexibility index (Phi) is 5.96. The van der Waals surface area contributed by atoms with E-state index in [0.29, 0.717) is 17.1 Å². The van der Waals surface area contributed by atoms with Crippen LogP contribution in [0.1, 0.15) is 11.4 Å². The van der Waals surface area contributed by atoms with Gasteiger partial charge in [-0.15, -0.1) is 11.8 Å². The molecule has 0 amide bonds. The molecule has 0 aliphatic heterocycles. The summed E-state index contributed by atoms with van der Waals surface area (Å²) in [6.45, 7) is 2.14. The van der Waals surface area contributed by atoms with Gasteiger partial charge in [-0.25, -0.2) is 14.4 Å². The second kappa shape index (κ2) is 8.38. The number of benzene rings is 2. The van der Waals surface area contributed by atoms with Crippen LogP contribution < -0.4 is 0 Å². The highest BCUT2D eigenvalue weighted by Crippen LogP contribution is 2.25. The number of hydrogen-bond acceptors (Lipinski definition) is 5. The molecule has 0 aliphatic rings. The van der Waals surface area contributed by atoms with Gasteiger partial charge in [0.25, 0.3) is 0 Å². The van der Waals surface area contributed by atoms with Crippen molar-refractivity contribution in [2.24, 2.45) is 0 Å². The lowest BCUT2D eigenvalue weighted by molar-refractivity contribution is 0.0387. The predicted octanol–water partition coefficient (Wildman–Crippen LogP) is 3.75. The fraction of sp³-hybridized carbons (Fsp3) is 0.263. The summed E-state index contributed by atoms with van der Waals surface area (Å²) in [4.78, 5) is 8.87. The number of para-hydroxylation sites is 1. The zero-order valence-corrected chi connectivity index (χ0v) is 14.7. The third kappa shape index (κ3) is 4.75. The number of halogens is 1. The van der Waals surface area contributed by atoms with Crippen molar-refractivity contribution in [2.45, 2.75) is 24.7 Å². The standard InChI is InChI=1S/C19H19FN2O2S/c1-13-21-18-9-5-3-7-16(18)19(22-13)25-12-15(23)11-24-10-14-6-2-4-8-17(14)20/h2-9,15,23H,10-12H2,1H3/t15-/m0/s1. The van der Waals surface area contributed by atoms with Crippen LogP contribution in [0.5, 0.6) is 0 Å². The van der Waals surface area contributed by atoms with E-state index in [1.807, 2.05) is 31.2 Å². The molecule has 3 rings (SSSR count). The average molecular weight is 358 g/mol. The lowest BCUT2D eigenvalue weighted by Gasteiger charge is -2.12. The van der Waals surface area contributed by atoms with E-state index in [9.17, 15) is 9.50 Å². The van der Waals surface area contributed by atoms with Gasteiger partial charge in [0, 0.05) is 16.7 Å². The molecule has 0 bridgehead atoms. The van der Waals surface area contributed by atoms with Gasteiger partial charge in [0.15, 0.2) is 0 Å². The number of fused-ring (bicyclic) bond motifs is 1. The molecule has 0 saturated carbocycles. The quantitative estimate of drug-likeness (QED) is 0.515. The summed E-state index contributed by atoms with van der Waals surface area (Å²) in [5.74, 6) is 0.846. The number of aromatic nitrogens is 2. The molecule has 0 unspecified atom stereocenters. The Labute approximate surface area is 150 Å². The van der Waals surface area contributed by atoms with Crippen LogP contribution >= 0.6 is 11.8 Å². The third-order valence-electron chi connectivity index (χ3n) is 3.62. The smallest absolute Gasteiger partial charge is 0.128 e. The minimum atomic E-state index is -0.661. The molecule has 4 nitrogen and oxygen atoms in total. The number of aliphatic hydroxyl groups excluding tert-OH is 1. The lowest BCUT2D eigenvalue weighted by atomic mass is 10.2. The SMILES string of the molecule is Cc1nc(SC[C@@H](O)COCc2ccccc2F)c2ccccc2n1. The Bertz CT molecular complexity index is 860. The van der Waals surface area contributed by atoms with Crippen LogP contribution in [0, 0.1) is 12.7 Å². The highest BCUT2D eigenvalue weighted by molar-refractivity contribution is 7.99. The van der Waals surface area contributed by atoms with Crippen molar-refractivity contribution in [3.63, 3.8) is 0 Å². The van der Waals surface area contributed by atoms with Gasteiger partial charge in [0.05, 0.1) is 24.8 Å². The summed E-state index contributed by atoms with van der Waals surface area (Å²) in [5, 5.41) is 11.9. The maximum atomic E-state index is 13.5. The van der Waals surface area contributed by atoms with Crippen LogP contribution in [-0.2, 0) is 11.3 Å². The molecule has 1 aromatic heterocycles. The molecule has 6 heteroatoms. The molecule has 0 fully saturated rings. The molecule has 130 valence electrons. The second-order valence-corrected chi connectivity index (χ2v) is 6.67. The van der Waals surface area contributed by atoms with E-state index < -0.39 is 6.10 Å². The zero-order valence-electron chi connectivity index (χ0n) is 13.9. The van der Waals surface area contributed by atoms with Crippen molar-refractivity contribution < 1.29 is 14.2 Å². The molecule has 25 heavy (non-hydrogen) atoms. The molecule has 0 spiro atoms. The van der Waals surface area contributed by atoms with Gasteiger partial charge in [0.1, 0.15) is 16.7 Å². The van der Waals surface area contributed by atoms with Gasteiger partial charge in [-0.1, -0.05) is 36.4 Å². The molecule has 1 heterocycles. The number of thioether (sulfide) groups is 1. The summed E-state index contributed by atoms with van der Waals surface area (Å²) in [5.41, 5.74) is 1.38. The number of aryl methyl sites for hydroxylation is 1. The summed E-state index contributed by atoms with van der Waals surface area (Å²) in [6.07, 6.45) is -0.661. The minimum absolute atomic E-state index is 0.142.